The van der Waals surface area contributed by atoms with E-state index in [1.165, 1.54) is 4.88 Å². The van der Waals surface area contributed by atoms with Crippen LogP contribution in [0.25, 0.3) is 0 Å². The number of aryl methyl sites for hydroxylation is 2. The van der Waals surface area contributed by atoms with Gasteiger partial charge in [-0.3, -0.25) is 0 Å². The molecule has 0 fully saturated rings. The van der Waals surface area contributed by atoms with E-state index in [-0.39, 0.29) is 29.7 Å². The van der Waals surface area contributed by atoms with Crippen LogP contribution in [0, 0.1) is 13.8 Å². The van der Waals surface area contributed by atoms with E-state index in [0.29, 0.717) is 26.1 Å². The minimum atomic E-state index is -3.11. The lowest BCUT2D eigenvalue weighted by Gasteiger charge is -2.11. The number of aliphatic imine (C=N–C) groups is 1. The zero-order valence-corrected chi connectivity index (χ0v) is 18.6. The van der Waals surface area contributed by atoms with E-state index in [4.69, 9.17) is 0 Å². The van der Waals surface area contributed by atoms with Crippen molar-refractivity contribution < 1.29 is 8.42 Å². The molecule has 0 saturated carbocycles. The molecule has 7 nitrogen and oxygen atoms in total. The van der Waals surface area contributed by atoms with E-state index in [9.17, 15) is 8.42 Å². The summed E-state index contributed by atoms with van der Waals surface area (Å²) in [6.07, 6.45) is 0.694. The predicted octanol–water partition coefficient (Wildman–Crippen LogP) is 1.76. The minimum absolute atomic E-state index is 0. The van der Waals surface area contributed by atoms with Gasteiger partial charge in [0, 0.05) is 24.5 Å². The van der Waals surface area contributed by atoms with Crippen molar-refractivity contribution in [1.82, 2.24) is 20.3 Å². The first-order valence-corrected chi connectivity index (χ1v) is 10.3. The molecule has 0 saturated heterocycles. The summed E-state index contributed by atoms with van der Waals surface area (Å²) in [5.41, 5.74) is 1.06. The Labute approximate surface area is 166 Å². The molecule has 140 valence electrons. The number of hydrogen-bond acceptors (Lipinski definition) is 5. The van der Waals surface area contributed by atoms with Crippen molar-refractivity contribution in [1.29, 1.82) is 0 Å². The third-order valence-electron chi connectivity index (χ3n) is 3.14. The third kappa shape index (κ3) is 9.14. The van der Waals surface area contributed by atoms with Gasteiger partial charge in [-0.15, -0.1) is 35.3 Å². The van der Waals surface area contributed by atoms with Crippen LogP contribution in [0.1, 0.15) is 35.8 Å². The molecule has 0 amide bonds. The third-order valence-corrected chi connectivity index (χ3v) is 5.60. The number of nitrogens with one attached hydrogen (secondary N) is 3. The molecular weight excluding hydrogens is 461 g/mol. The molecule has 0 aromatic carbocycles. The highest BCUT2D eigenvalue weighted by Crippen LogP contribution is 2.16. The van der Waals surface area contributed by atoms with E-state index >= 15 is 0 Å². The summed E-state index contributed by atoms with van der Waals surface area (Å²) in [6, 6.07) is 0. The summed E-state index contributed by atoms with van der Waals surface area (Å²) in [5, 5.41) is 7.36. The van der Waals surface area contributed by atoms with Crippen molar-refractivity contribution >= 4 is 51.3 Å². The van der Waals surface area contributed by atoms with Crippen LogP contribution in [0.15, 0.2) is 4.99 Å². The zero-order valence-electron chi connectivity index (χ0n) is 14.7. The summed E-state index contributed by atoms with van der Waals surface area (Å²) >= 11 is 1.66. The average molecular weight is 489 g/mol. The van der Waals surface area contributed by atoms with Crippen LogP contribution in [0.4, 0.5) is 0 Å². The molecule has 1 heterocycles. The first-order chi connectivity index (χ1) is 10.9. The molecule has 0 radical (unpaired) electrons. The Morgan fingerprint density at radius 1 is 1.21 bits per heavy atom. The Morgan fingerprint density at radius 2 is 1.92 bits per heavy atom. The minimum Gasteiger partial charge on any atom is -0.357 e. The molecule has 0 aliphatic rings. The Kier molecular flexibility index (Phi) is 11.8. The maximum absolute atomic E-state index is 11.3. The Bertz CT molecular complexity index is 597. The molecule has 0 aliphatic heterocycles. The van der Waals surface area contributed by atoms with Crippen LogP contribution >= 0.6 is 35.3 Å². The highest BCUT2D eigenvalue weighted by atomic mass is 127. The van der Waals surface area contributed by atoms with Gasteiger partial charge in [0.25, 0.3) is 0 Å². The molecule has 3 N–H and O–H groups in total. The normalized spacial score (nSPS) is 11.9. The molecule has 1 rings (SSSR count). The molecular formula is C14H28IN5O2S2. The van der Waals surface area contributed by atoms with Crippen LogP contribution in [0.2, 0.25) is 0 Å². The molecule has 0 aliphatic carbocycles. The molecule has 0 atom stereocenters. The van der Waals surface area contributed by atoms with E-state index in [0.717, 1.165) is 23.2 Å². The summed E-state index contributed by atoms with van der Waals surface area (Å²) in [6.45, 7) is 10.1. The van der Waals surface area contributed by atoms with Gasteiger partial charge in [0.05, 0.1) is 18.0 Å². The molecule has 1 aromatic rings. The van der Waals surface area contributed by atoms with Crippen molar-refractivity contribution in [2.24, 2.45) is 4.99 Å². The lowest BCUT2D eigenvalue weighted by Crippen LogP contribution is -2.38. The Balaban J connectivity index is 0.00000529. The number of aromatic nitrogens is 1. The van der Waals surface area contributed by atoms with E-state index in [1.807, 2.05) is 13.8 Å². The van der Waals surface area contributed by atoms with Gasteiger partial charge in [0.1, 0.15) is 5.01 Å². The standard InChI is InChI=1S/C14H27N5O2S2.HI/c1-5-15-14(16-8-7-9-18-23(20,21)6-2)17-10-13-19-11(3)12(4)22-13;/h18H,5-10H2,1-4H3,(H2,15,16,17);1H. The van der Waals surface area contributed by atoms with Gasteiger partial charge in [0.2, 0.25) is 10.0 Å². The van der Waals surface area contributed by atoms with Gasteiger partial charge < -0.3 is 10.6 Å². The van der Waals surface area contributed by atoms with Gasteiger partial charge in [0.15, 0.2) is 5.96 Å². The summed E-state index contributed by atoms with van der Waals surface area (Å²) in [7, 11) is -3.11. The Morgan fingerprint density at radius 3 is 2.46 bits per heavy atom. The maximum atomic E-state index is 11.3. The topological polar surface area (TPSA) is 95.5 Å². The lowest BCUT2D eigenvalue weighted by atomic mass is 10.4. The second kappa shape index (κ2) is 12.0. The number of rotatable bonds is 9. The van der Waals surface area contributed by atoms with Gasteiger partial charge in [-0.25, -0.2) is 23.1 Å². The second-order valence-corrected chi connectivity index (χ2v) is 8.41. The molecule has 0 bridgehead atoms. The van der Waals surface area contributed by atoms with Crippen molar-refractivity contribution in [2.75, 3.05) is 25.4 Å². The van der Waals surface area contributed by atoms with Crippen LogP contribution in [-0.4, -0.2) is 44.7 Å². The maximum Gasteiger partial charge on any atom is 0.211 e. The molecule has 1 aromatic heterocycles. The fourth-order valence-electron chi connectivity index (χ4n) is 1.72. The fourth-order valence-corrected chi connectivity index (χ4v) is 3.24. The summed E-state index contributed by atoms with van der Waals surface area (Å²) in [5.74, 6) is 0.827. The van der Waals surface area contributed by atoms with Gasteiger partial charge in [-0.05, 0) is 34.1 Å². The highest BCUT2D eigenvalue weighted by Gasteiger charge is 2.05. The zero-order chi connectivity index (χ0) is 17.3. The summed E-state index contributed by atoms with van der Waals surface area (Å²) in [4.78, 5) is 10.2. The molecule has 0 unspecified atom stereocenters. The number of nitrogens with zero attached hydrogens (tertiary/aromatic N) is 2. The van der Waals surface area contributed by atoms with Gasteiger partial charge >= 0.3 is 0 Å². The number of halogens is 1. The second-order valence-electron chi connectivity index (χ2n) is 5.02. The number of hydrogen-bond donors (Lipinski definition) is 3. The van der Waals surface area contributed by atoms with E-state index in [2.05, 4.69) is 32.3 Å². The van der Waals surface area contributed by atoms with E-state index in [1.54, 1.807) is 18.3 Å². The van der Waals surface area contributed by atoms with Crippen LogP contribution in [0.5, 0.6) is 0 Å². The summed E-state index contributed by atoms with van der Waals surface area (Å²) < 4.78 is 25.2. The molecule has 0 spiro atoms. The average Bonchev–Trinajstić information content (AvgIpc) is 2.83. The number of guanidine groups is 1. The largest absolute Gasteiger partial charge is 0.357 e. The SMILES string of the molecule is CCNC(=NCc1nc(C)c(C)s1)NCCCNS(=O)(=O)CC.I. The van der Waals surface area contributed by atoms with Crippen LogP contribution in [-0.2, 0) is 16.6 Å². The van der Waals surface area contributed by atoms with E-state index < -0.39 is 10.0 Å². The predicted molar refractivity (Wildman–Crippen MR) is 112 cm³/mol. The monoisotopic (exact) mass is 489 g/mol. The number of sulfonamides is 1. The first-order valence-electron chi connectivity index (χ1n) is 7.80. The first kappa shape index (κ1) is 23.5. The van der Waals surface area contributed by atoms with Crippen molar-refractivity contribution in [3.8, 4) is 0 Å². The molecule has 24 heavy (non-hydrogen) atoms. The quantitative estimate of drug-likeness (QED) is 0.213. The Hall–Kier alpha value is -0.460. The van der Waals surface area contributed by atoms with Gasteiger partial charge in [-0.2, -0.15) is 0 Å². The van der Waals surface area contributed by atoms with Crippen molar-refractivity contribution in [2.45, 2.75) is 40.7 Å². The van der Waals surface area contributed by atoms with Gasteiger partial charge in [-0.1, -0.05) is 0 Å². The van der Waals surface area contributed by atoms with Crippen molar-refractivity contribution in [3.05, 3.63) is 15.6 Å². The van der Waals surface area contributed by atoms with Crippen LogP contribution in [0.3, 0.4) is 0 Å². The van der Waals surface area contributed by atoms with Crippen molar-refractivity contribution in [3.63, 3.8) is 0 Å². The fraction of sp³-hybridized carbons (Fsp3) is 0.714. The van der Waals surface area contributed by atoms with Crippen LogP contribution < -0.4 is 15.4 Å². The lowest BCUT2D eigenvalue weighted by molar-refractivity contribution is 0.579. The smallest absolute Gasteiger partial charge is 0.211 e. The molecule has 10 heteroatoms. The number of thiazole rings is 1. The highest BCUT2D eigenvalue weighted by molar-refractivity contribution is 14.0.